The molecule has 1 amide bonds. The van der Waals surface area contributed by atoms with E-state index in [0.717, 1.165) is 5.56 Å². The standard InChI is InChI=1S/C17H13FN2O2/c18-12-4-2-6-14(10-12)20-17(21)16-8-7-15(22-16)11-3-1-5-13(19)9-11/h1-10H,19H2,(H,20,21). The molecule has 0 aliphatic heterocycles. The fourth-order valence-corrected chi connectivity index (χ4v) is 2.07. The predicted octanol–water partition coefficient (Wildman–Crippen LogP) is 3.92. The molecule has 0 spiro atoms. The van der Waals surface area contributed by atoms with E-state index in [-0.39, 0.29) is 5.76 Å². The van der Waals surface area contributed by atoms with Crippen molar-refractivity contribution in [1.29, 1.82) is 0 Å². The van der Waals surface area contributed by atoms with Gasteiger partial charge in [0.05, 0.1) is 0 Å². The topological polar surface area (TPSA) is 68.3 Å². The van der Waals surface area contributed by atoms with Crippen molar-refractivity contribution >= 4 is 17.3 Å². The first-order valence-electron chi connectivity index (χ1n) is 6.64. The number of hydrogen-bond donors (Lipinski definition) is 2. The monoisotopic (exact) mass is 296 g/mol. The van der Waals surface area contributed by atoms with Crippen molar-refractivity contribution in [3.05, 3.63) is 72.2 Å². The van der Waals surface area contributed by atoms with Crippen LogP contribution in [0.5, 0.6) is 0 Å². The van der Waals surface area contributed by atoms with Gasteiger partial charge in [0, 0.05) is 16.9 Å². The van der Waals surface area contributed by atoms with E-state index in [1.165, 1.54) is 18.2 Å². The van der Waals surface area contributed by atoms with E-state index in [2.05, 4.69) is 5.32 Å². The molecule has 1 heterocycles. The lowest BCUT2D eigenvalue weighted by molar-refractivity contribution is 0.0997. The Morgan fingerprint density at radius 1 is 1.05 bits per heavy atom. The number of halogens is 1. The van der Waals surface area contributed by atoms with E-state index in [4.69, 9.17) is 10.2 Å². The summed E-state index contributed by atoms with van der Waals surface area (Å²) in [5.74, 6) is -0.183. The lowest BCUT2D eigenvalue weighted by Gasteiger charge is -2.03. The van der Waals surface area contributed by atoms with E-state index in [9.17, 15) is 9.18 Å². The molecule has 110 valence electrons. The molecule has 4 nitrogen and oxygen atoms in total. The predicted molar refractivity (Wildman–Crippen MR) is 82.9 cm³/mol. The number of anilines is 2. The van der Waals surface area contributed by atoms with Crippen molar-refractivity contribution in [3.8, 4) is 11.3 Å². The van der Waals surface area contributed by atoms with Crippen molar-refractivity contribution < 1.29 is 13.6 Å². The van der Waals surface area contributed by atoms with Crippen LogP contribution in [0.4, 0.5) is 15.8 Å². The minimum absolute atomic E-state index is 0.140. The summed E-state index contributed by atoms with van der Waals surface area (Å²) in [4.78, 5) is 12.1. The number of rotatable bonds is 3. The molecule has 2 aromatic carbocycles. The molecule has 0 atom stereocenters. The third-order valence-corrected chi connectivity index (χ3v) is 3.08. The molecule has 0 fully saturated rings. The summed E-state index contributed by atoms with van der Waals surface area (Å²) in [5.41, 5.74) is 7.48. The first-order valence-corrected chi connectivity index (χ1v) is 6.64. The normalized spacial score (nSPS) is 10.4. The molecule has 0 unspecified atom stereocenters. The highest BCUT2D eigenvalue weighted by atomic mass is 19.1. The summed E-state index contributed by atoms with van der Waals surface area (Å²) in [6.07, 6.45) is 0. The van der Waals surface area contributed by atoms with Crippen molar-refractivity contribution in [2.75, 3.05) is 11.1 Å². The third-order valence-electron chi connectivity index (χ3n) is 3.08. The van der Waals surface area contributed by atoms with Gasteiger partial charge in [-0.15, -0.1) is 0 Å². The van der Waals surface area contributed by atoms with E-state index in [1.807, 2.05) is 6.07 Å². The van der Waals surface area contributed by atoms with Crippen LogP contribution in [-0.4, -0.2) is 5.91 Å². The van der Waals surface area contributed by atoms with Crippen LogP contribution >= 0.6 is 0 Å². The number of nitrogens with two attached hydrogens (primary N) is 1. The molecule has 0 saturated heterocycles. The Morgan fingerprint density at radius 3 is 2.64 bits per heavy atom. The molecule has 0 aliphatic rings. The first kappa shape index (κ1) is 13.9. The fraction of sp³-hybridized carbons (Fsp3) is 0. The first-order chi connectivity index (χ1) is 10.6. The highest BCUT2D eigenvalue weighted by molar-refractivity contribution is 6.02. The average molecular weight is 296 g/mol. The number of nitrogens with one attached hydrogen (secondary N) is 1. The van der Waals surface area contributed by atoms with Gasteiger partial charge >= 0.3 is 0 Å². The van der Waals surface area contributed by atoms with E-state index in [1.54, 1.807) is 36.4 Å². The highest BCUT2D eigenvalue weighted by Gasteiger charge is 2.13. The van der Waals surface area contributed by atoms with Crippen LogP contribution in [0.2, 0.25) is 0 Å². The van der Waals surface area contributed by atoms with Gasteiger partial charge in [0.2, 0.25) is 0 Å². The molecule has 0 bridgehead atoms. The number of carbonyl (C=O) groups excluding carboxylic acids is 1. The minimum atomic E-state index is -0.444. The number of nitrogen functional groups attached to an aromatic ring is 1. The lowest BCUT2D eigenvalue weighted by atomic mass is 10.1. The summed E-state index contributed by atoms with van der Waals surface area (Å²) in [5, 5.41) is 2.58. The van der Waals surface area contributed by atoms with Gasteiger partial charge in [0.1, 0.15) is 11.6 Å². The number of amides is 1. The van der Waals surface area contributed by atoms with Gasteiger partial charge in [-0.05, 0) is 42.5 Å². The SMILES string of the molecule is Nc1cccc(-c2ccc(C(=O)Nc3cccc(F)c3)o2)c1. The Balaban J connectivity index is 1.80. The molecule has 0 saturated carbocycles. The van der Waals surface area contributed by atoms with Gasteiger partial charge in [0.15, 0.2) is 5.76 Å². The Morgan fingerprint density at radius 2 is 1.86 bits per heavy atom. The van der Waals surface area contributed by atoms with E-state index >= 15 is 0 Å². The summed E-state index contributed by atoms with van der Waals surface area (Å²) in [6, 6.07) is 16.1. The van der Waals surface area contributed by atoms with Crippen molar-refractivity contribution in [3.63, 3.8) is 0 Å². The number of furan rings is 1. The molecule has 0 radical (unpaired) electrons. The quantitative estimate of drug-likeness (QED) is 0.720. The maximum absolute atomic E-state index is 13.1. The molecule has 3 aromatic rings. The molecule has 5 heteroatoms. The van der Waals surface area contributed by atoms with Crippen LogP contribution < -0.4 is 11.1 Å². The second-order valence-corrected chi connectivity index (χ2v) is 4.75. The van der Waals surface area contributed by atoms with Crippen molar-refractivity contribution in [2.45, 2.75) is 0 Å². The van der Waals surface area contributed by atoms with Gasteiger partial charge in [-0.3, -0.25) is 4.79 Å². The van der Waals surface area contributed by atoms with E-state index < -0.39 is 11.7 Å². The smallest absolute Gasteiger partial charge is 0.291 e. The van der Waals surface area contributed by atoms with Crippen LogP contribution in [0.25, 0.3) is 11.3 Å². The molecule has 1 aromatic heterocycles. The summed E-state index contributed by atoms with van der Waals surface area (Å²) < 4.78 is 18.6. The number of hydrogen-bond acceptors (Lipinski definition) is 3. The molecule has 3 N–H and O–H groups in total. The zero-order valence-corrected chi connectivity index (χ0v) is 11.5. The average Bonchev–Trinajstić information content (AvgIpc) is 2.97. The minimum Gasteiger partial charge on any atom is -0.451 e. The van der Waals surface area contributed by atoms with E-state index in [0.29, 0.717) is 17.1 Å². The number of carbonyl (C=O) groups is 1. The zero-order chi connectivity index (χ0) is 15.5. The van der Waals surface area contributed by atoms with Crippen LogP contribution in [0.1, 0.15) is 10.6 Å². The molecule has 0 aliphatic carbocycles. The van der Waals surface area contributed by atoms with Crippen molar-refractivity contribution in [2.24, 2.45) is 0 Å². The number of benzene rings is 2. The van der Waals surface area contributed by atoms with Gasteiger partial charge in [-0.1, -0.05) is 18.2 Å². The summed E-state index contributed by atoms with van der Waals surface area (Å²) >= 11 is 0. The second kappa shape index (κ2) is 5.73. The van der Waals surface area contributed by atoms with Gasteiger partial charge in [-0.25, -0.2) is 4.39 Å². The highest BCUT2D eigenvalue weighted by Crippen LogP contribution is 2.24. The Bertz CT molecular complexity index is 827. The maximum Gasteiger partial charge on any atom is 0.291 e. The fourth-order valence-electron chi connectivity index (χ4n) is 2.07. The summed E-state index contributed by atoms with van der Waals surface area (Å²) in [7, 11) is 0. The maximum atomic E-state index is 13.1. The van der Waals surface area contributed by atoms with Gasteiger partial charge in [0.25, 0.3) is 5.91 Å². The van der Waals surface area contributed by atoms with Gasteiger partial charge in [-0.2, -0.15) is 0 Å². The van der Waals surface area contributed by atoms with Crippen LogP contribution in [-0.2, 0) is 0 Å². The Labute approximate surface area is 126 Å². The molecular formula is C17H13FN2O2. The van der Waals surface area contributed by atoms with Crippen LogP contribution in [0.3, 0.4) is 0 Å². The Hall–Kier alpha value is -3.08. The summed E-state index contributed by atoms with van der Waals surface area (Å²) in [6.45, 7) is 0. The largest absolute Gasteiger partial charge is 0.451 e. The molecule has 22 heavy (non-hydrogen) atoms. The molecular weight excluding hydrogens is 283 g/mol. The third kappa shape index (κ3) is 2.98. The second-order valence-electron chi connectivity index (χ2n) is 4.75. The lowest BCUT2D eigenvalue weighted by Crippen LogP contribution is -2.10. The van der Waals surface area contributed by atoms with Gasteiger partial charge < -0.3 is 15.5 Å². The van der Waals surface area contributed by atoms with Crippen LogP contribution in [0.15, 0.2) is 65.1 Å². The van der Waals surface area contributed by atoms with Crippen LogP contribution in [0, 0.1) is 5.82 Å². The molecule has 3 rings (SSSR count). The van der Waals surface area contributed by atoms with Crippen molar-refractivity contribution in [1.82, 2.24) is 0 Å². The zero-order valence-electron chi connectivity index (χ0n) is 11.5. The Kier molecular flexibility index (Phi) is 3.62.